The van der Waals surface area contributed by atoms with Crippen LogP contribution in [-0.4, -0.2) is 64.7 Å². The minimum atomic E-state index is -3.55. The van der Waals surface area contributed by atoms with Crippen molar-refractivity contribution in [2.45, 2.75) is 37.1 Å². The van der Waals surface area contributed by atoms with Gasteiger partial charge in [0.05, 0.1) is 11.1 Å². The summed E-state index contributed by atoms with van der Waals surface area (Å²) >= 11 is 5.88. The van der Waals surface area contributed by atoms with Gasteiger partial charge in [0.1, 0.15) is 0 Å². The van der Waals surface area contributed by atoms with Crippen molar-refractivity contribution in [3.8, 4) is 0 Å². The molecule has 1 atom stereocenters. The molecule has 156 valence electrons. The lowest BCUT2D eigenvalue weighted by Gasteiger charge is -2.31. The van der Waals surface area contributed by atoms with Gasteiger partial charge in [-0.05, 0) is 55.9 Å². The molecule has 10 heteroatoms. The van der Waals surface area contributed by atoms with Crippen LogP contribution >= 0.6 is 11.6 Å². The molecule has 1 aromatic carbocycles. The molecule has 0 radical (unpaired) electrons. The molecule has 2 aromatic rings. The predicted molar refractivity (Wildman–Crippen MR) is 108 cm³/mol. The first-order chi connectivity index (χ1) is 13.9. The Bertz CT molecular complexity index is 970. The first kappa shape index (κ1) is 20.3. The van der Waals surface area contributed by atoms with E-state index in [1.165, 1.54) is 16.4 Å². The maximum absolute atomic E-state index is 12.9. The zero-order valence-corrected chi connectivity index (χ0v) is 17.6. The largest absolute Gasteiger partial charge is 0.337 e. The standard InChI is InChI=1S/C19H24ClN5O3S/c20-16-5-7-17(8-6-16)29(27,28)25-11-3-4-15(13-25)12-24-14-18(21-22-24)19(26)23-9-1-2-10-23/h5-8,14-15H,1-4,9-13H2/t15-/m1/s1. The highest BCUT2D eigenvalue weighted by atomic mass is 35.5. The highest BCUT2D eigenvalue weighted by Crippen LogP contribution is 2.25. The van der Waals surface area contributed by atoms with Crippen LogP contribution in [0.15, 0.2) is 35.4 Å². The molecule has 2 saturated heterocycles. The van der Waals surface area contributed by atoms with Crippen molar-refractivity contribution in [2.24, 2.45) is 5.92 Å². The number of nitrogens with zero attached hydrogens (tertiary/aromatic N) is 5. The molecule has 4 rings (SSSR count). The van der Waals surface area contributed by atoms with E-state index in [1.54, 1.807) is 27.9 Å². The van der Waals surface area contributed by atoms with E-state index in [9.17, 15) is 13.2 Å². The molecule has 2 aliphatic heterocycles. The number of rotatable bonds is 5. The van der Waals surface area contributed by atoms with Gasteiger partial charge in [0.2, 0.25) is 10.0 Å². The summed E-state index contributed by atoms with van der Waals surface area (Å²) in [6.07, 6.45) is 5.42. The Hall–Kier alpha value is -1.97. The van der Waals surface area contributed by atoms with Crippen molar-refractivity contribution in [3.05, 3.63) is 41.2 Å². The Balaban J connectivity index is 1.41. The number of amides is 1. The van der Waals surface area contributed by atoms with Gasteiger partial charge in [0, 0.05) is 37.7 Å². The number of likely N-dealkylation sites (tertiary alicyclic amines) is 1. The second-order valence-corrected chi connectivity index (χ2v) is 10.0. The van der Waals surface area contributed by atoms with Gasteiger partial charge >= 0.3 is 0 Å². The Morgan fingerprint density at radius 2 is 1.83 bits per heavy atom. The van der Waals surface area contributed by atoms with E-state index in [0.717, 1.165) is 38.8 Å². The molecule has 2 fully saturated rings. The van der Waals surface area contributed by atoms with Gasteiger partial charge in [0.25, 0.3) is 5.91 Å². The SMILES string of the molecule is O=C(c1cn(C[C@H]2CCCN(S(=O)(=O)c3ccc(Cl)cc3)C2)nn1)N1CCCC1. The lowest BCUT2D eigenvalue weighted by Crippen LogP contribution is -2.41. The molecule has 0 aliphatic carbocycles. The smallest absolute Gasteiger partial charge is 0.276 e. The summed E-state index contributed by atoms with van der Waals surface area (Å²) in [5, 5.41) is 8.63. The third kappa shape index (κ3) is 4.46. The number of piperidine rings is 1. The van der Waals surface area contributed by atoms with Crippen molar-refractivity contribution in [1.82, 2.24) is 24.2 Å². The van der Waals surface area contributed by atoms with Gasteiger partial charge in [-0.15, -0.1) is 5.10 Å². The van der Waals surface area contributed by atoms with Gasteiger partial charge < -0.3 is 4.90 Å². The molecule has 29 heavy (non-hydrogen) atoms. The van der Waals surface area contributed by atoms with Gasteiger partial charge in [-0.1, -0.05) is 16.8 Å². The van der Waals surface area contributed by atoms with Crippen LogP contribution in [0, 0.1) is 5.92 Å². The highest BCUT2D eigenvalue weighted by Gasteiger charge is 2.31. The predicted octanol–water partition coefficient (Wildman–Crippen LogP) is 2.27. The van der Waals surface area contributed by atoms with E-state index in [1.807, 2.05) is 0 Å². The van der Waals surface area contributed by atoms with Crippen LogP contribution in [0.1, 0.15) is 36.2 Å². The summed E-state index contributed by atoms with van der Waals surface area (Å²) in [4.78, 5) is 14.5. The Morgan fingerprint density at radius 3 is 2.55 bits per heavy atom. The quantitative estimate of drug-likeness (QED) is 0.715. The van der Waals surface area contributed by atoms with Gasteiger partial charge in [-0.2, -0.15) is 4.31 Å². The maximum Gasteiger partial charge on any atom is 0.276 e. The number of carbonyl (C=O) groups is 1. The van der Waals surface area contributed by atoms with Crippen molar-refractivity contribution < 1.29 is 13.2 Å². The first-order valence-corrected chi connectivity index (χ1v) is 11.7. The average Bonchev–Trinajstić information content (AvgIpc) is 3.40. The van der Waals surface area contributed by atoms with Crippen LogP contribution in [0.2, 0.25) is 5.02 Å². The van der Waals surface area contributed by atoms with Crippen molar-refractivity contribution in [3.63, 3.8) is 0 Å². The molecular weight excluding hydrogens is 414 g/mol. The normalized spacial score (nSPS) is 20.9. The first-order valence-electron chi connectivity index (χ1n) is 9.88. The summed E-state index contributed by atoms with van der Waals surface area (Å²) in [6, 6.07) is 6.25. The Kier molecular flexibility index (Phi) is 5.89. The zero-order valence-electron chi connectivity index (χ0n) is 16.1. The summed E-state index contributed by atoms with van der Waals surface area (Å²) in [7, 11) is -3.55. The summed E-state index contributed by atoms with van der Waals surface area (Å²) < 4.78 is 29.1. The molecule has 0 saturated carbocycles. The lowest BCUT2D eigenvalue weighted by molar-refractivity contribution is 0.0787. The van der Waals surface area contributed by atoms with E-state index in [4.69, 9.17) is 11.6 Å². The molecule has 0 unspecified atom stereocenters. The zero-order chi connectivity index (χ0) is 20.4. The topological polar surface area (TPSA) is 88.4 Å². The van der Waals surface area contributed by atoms with Crippen LogP contribution in [0.25, 0.3) is 0 Å². The number of aromatic nitrogens is 3. The highest BCUT2D eigenvalue weighted by molar-refractivity contribution is 7.89. The number of sulfonamides is 1. The Morgan fingerprint density at radius 1 is 1.10 bits per heavy atom. The molecule has 0 bridgehead atoms. The third-order valence-corrected chi connectivity index (χ3v) is 7.66. The fourth-order valence-corrected chi connectivity index (χ4v) is 5.66. The minimum Gasteiger partial charge on any atom is -0.337 e. The summed E-state index contributed by atoms with van der Waals surface area (Å²) in [5.74, 6) is 0.0339. The summed E-state index contributed by atoms with van der Waals surface area (Å²) in [6.45, 7) is 2.99. The molecule has 3 heterocycles. The number of carbonyl (C=O) groups excluding carboxylic acids is 1. The molecule has 1 amide bonds. The Labute approximate surface area is 175 Å². The summed E-state index contributed by atoms with van der Waals surface area (Å²) in [5.41, 5.74) is 0.355. The second kappa shape index (κ2) is 8.41. The van der Waals surface area contributed by atoms with E-state index in [-0.39, 0.29) is 16.7 Å². The fourth-order valence-electron chi connectivity index (χ4n) is 3.98. The van der Waals surface area contributed by atoms with Crippen molar-refractivity contribution in [2.75, 3.05) is 26.2 Å². The van der Waals surface area contributed by atoms with Crippen molar-refractivity contribution >= 4 is 27.5 Å². The second-order valence-electron chi connectivity index (χ2n) is 7.65. The monoisotopic (exact) mass is 437 g/mol. The van der Waals surface area contributed by atoms with Crippen LogP contribution in [0.3, 0.4) is 0 Å². The number of benzene rings is 1. The van der Waals surface area contributed by atoms with E-state index in [0.29, 0.717) is 30.4 Å². The van der Waals surface area contributed by atoms with Crippen LogP contribution in [0.5, 0.6) is 0 Å². The van der Waals surface area contributed by atoms with Gasteiger partial charge in [-0.3, -0.25) is 9.48 Å². The van der Waals surface area contributed by atoms with E-state index >= 15 is 0 Å². The number of halogens is 1. The van der Waals surface area contributed by atoms with Crippen molar-refractivity contribution in [1.29, 1.82) is 0 Å². The molecule has 1 aromatic heterocycles. The lowest BCUT2D eigenvalue weighted by atomic mass is 10.00. The number of hydrogen-bond donors (Lipinski definition) is 0. The van der Waals surface area contributed by atoms with Crippen LogP contribution in [-0.2, 0) is 16.6 Å². The van der Waals surface area contributed by atoms with E-state index in [2.05, 4.69) is 10.3 Å². The maximum atomic E-state index is 12.9. The van der Waals surface area contributed by atoms with Crippen LogP contribution < -0.4 is 0 Å². The molecule has 0 spiro atoms. The van der Waals surface area contributed by atoms with Gasteiger partial charge in [-0.25, -0.2) is 8.42 Å². The van der Waals surface area contributed by atoms with Gasteiger partial charge in [0.15, 0.2) is 5.69 Å². The molecule has 8 nitrogen and oxygen atoms in total. The average molecular weight is 438 g/mol. The molecule has 2 aliphatic rings. The molecule has 0 N–H and O–H groups in total. The third-order valence-electron chi connectivity index (χ3n) is 5.53. The fraction of sp³-hybridized carbons (Fsp3) is 0.526. The molecular formula is C19H24ClN5O3S. The minimum absolute atomic E-state index is 0.0793. The van der Waals surface area contributed by atoms with Crippen LogP contribution in [0.4, 0.5) is 0 Å². The van der Waals surface area contributed by atoms with E-state index < -0.39 is 10.0 Å². The number of hydrogen-bond acceptors (Lipinski definition) is 5.